The van der Waals surface area contributed by atoms with Gasteiger partial charge in [0.25, 0.3) is 0 Å². The molecule has 0 spiro atoms. The number of benzene rings is 3. The third kappa shape index (κ3) is 7.81. The van der Waals surface area contributed by atoms with Crippen molar-refractivity contribution < 1.29 is 29.8 Å². The number of anilines is 5. The van der Waals surface area contributed by atoms with E-state index < -0.39 is 5.97 Å². The number of carbonyl (C=O) groups is 1. The van der Waals surface area contributed by atoms with Crippen LogP contribution in [0.25, 0.3) is 6.08 Å². The first-order valence-electron chi connectivity index (χ1n) is 12.9. The maximum atomic E-state index is 11.2. The summed E-state index contributed by atoms with van der Waals surface area (Å²) in [4.78, 5) is 24.5. The zero-order chi connectivity index (χ0) is 28.9. The van der Waals surface area contributed by atoms with Gasteiger partial charge in [0.1, 0.15) is 11.6 Å². The number of carboxylic acid groups (broad SMARTS) is 1. The fourth-order valence-electron chi connectivity index (χ4n) is 4.04. The van der Waals surface area contributed by atoms with Gasteiger partial charge in [-0.25, -0.2) is 4.79 Å². The van der Waals surface area contributed by atoms with Crippen molar-refractivity contribution in [3.63, 3.8) is 0 Å². The van der Waals surface area contributed by atoms with Gasteiger partial charge in [-0.3, -0.25) is 19.8 Å². The van der Waals surface area contributed by atoms with Gasteiger partial charge in [0.2, 0.25) is 0 Å². The highest BCUT2D eigenvalue weighted by molar-refractivity contribution is 5.96. The number of nitriles is 1. The Morgan fingerprint density at radius 2 is 1.12 bits per heavy atom. The summed E-state index contributed by atoms with van der Waals surface area (Å²) in [7, 11) is 0. The lowest BCUT2D eigenvalue weighted by Crippen LogP contribution is -2.27. The van der Waals surface area contributed by atoms with Gasteiger partial charge in [-0.05, 0) is 86.2 Å². The number of hydroxylamine groups is 2. The largest absolute Gasteiger partial charge is 0.477 e. The van der Waals surface area contributed by atoms with Crippen LogP contribution in [0.3, 0.4) is 0 Å². The van der Waals surface area contributed by atoms with Crippen LogP contribution in [0.5, 0.6) is 0 Å². The lowest BCUT2D eigenvalue weighted by atomic mass is 10.1. The van der Waals surface area contributed by atoms with Gasteiger partial charge in [-0.15, -0.1) is 0 Å². The van der Waals surface area contributed by atoms with E-state index in [4.69, 9.17) is 14.9 Å². The Morgan fingerprint density at radius 3 is 1.45 bits per heavy atom. The molecule has 3 aromatic rings. The summed E-state index contributed by atoms with van der Waals surface area (Å²) >= 11 is 0. The lowest BCUT2D eigenvalue weighted by Gasteiger charge is -2.28. The van der Waals surface area contributed by atoms with Crippen molar-refractivity contribution in [1.82, 2.24) is 0 Å². The second kappa shape index (κ2) is 15.3. The summed E-state index contributed by atoms with van der Waals surface area (Å²) in [5.74, 6) is -1.28. The van der Waals surface area contributed by atoms with Crippen molar-refractivity contribution in [1.29, 1.82) is 5.26 Å². The van der Waals surface area contributed by atoms with Crippen molar-refractivity contribution in [2.75, 3.05) is 54.5 Å². The van der Waals surface area contributed by atoms with Crippen molar-refractivity contribution in [3.05, 3.63) is 83.9 Å². The Bertz CT molecular complexity index is 1220. The number of hydrogen-bond acceptors (Lipinski definition) is 9. The molecule has 3 aromatic carbocycles. The molecule has 0 heterocycles. The summed E-state index contributed by atoms with van der Waals surface area (Å²) in [5.41, 5.74) is 4.33. The smallest absolute Gasteiger partial charge is 0.346 e. The summed E-state index contributed by atoms with van der Waals surface area (Å²) in [6, 6.07) is 24.3. The molecule has 3 N–H and O–H groups in total. The highest BCUT2D eigenvalue weighted by Gasteiger charge is 2.16. The topological polar surface area (TPSA) is 130 Å². The van der Waals surface area contributed by atoms with Crippen LogP contribution in [0.4, 0.5) is 28.4 Å². The van der Waals surface area contributed by atoms with Crippen molar-refractivity contribution in [2.24, 2.45) is 0 Å². The molecule has 40 heavy (non-hydrogen) atoms. The molecular formula is C30H34N4O6. The van der Waals surface area contributed by atoms with E-state index in [0.717, 1.165) is 28.4 Å². The average molecular weight is 547 g/mol. The standard InChI is InChI=1S/C30H34N4O6/c1-3-39-32(17-19-35)25-9-13-28(14-10-25)34(27-7-5-23(6-8-27)21-24(22-31)30(37)38)29-15-11-26(12-16-29)33(18-20-36)40-4-2/h5-16,21,35-36H,3-4,17-20H2,1-2H3,(H,37,38)/b24-21+. The molecule has 210 valence electrons. The summed E-state index contributed by atoms with van der Waals surface area (Å²) in [6.45, 7) is 5.25. The first-order valence-corrected chi connectivity index (χ1v) is 12.9. The Kier molecular flexibility index (Phi) is 11.5. The molecule has 0 amide bonds. The van der Waals surface area contributed by atoms with E-state index in [1.54, 1.807) is 28.3 Å². The molecule has 0 aliphatic rings. The van der Waals surface area contributed by atoms with Gasteiger partial charge in [-0.1, -0.05) is 12.1 Å². The van der Waals surface area contributed by atoms with Gasteiger partial charge < -0.3 is 20.2 Å². The van der Waals surface area contributed by atoms with Crippen LogP contribution in [0.2, 0.25) is 0 Å². The van der Waals surface area contributed by atoms with Crippen molar-refractivity contribution in [2.45, 2.75) is 13.8 Å². The molecule has 0 aromatic heterocycles. The summed E-state index contributed by atoms with van der Waals surface area (Å²) in [6.07, 6.45) is 1.33. The number of aliphatic carboxylic acids is 1. The predicted molar refractivity (Wildman–Crippen MR) is 154 cm³/mol. The van der Waals surface area contributed by atoms with E-state index in [-0.39, 0.29) is 18.8 Å². The van der Waals surface area contributed by atoms with Gasteiger partial charge in [-0.2, -0.15) is 5.26 Å². The molecule has 0 radical (unpaired) electrons. The number of nitrogens with zero attached hydrogens (tertiary/aromatic N) is 4. The van der Waals surface area contributed by atoms with Crippen molar-refractivity contribution >= 4 is 40.5 Å². The number of carboxylic acids is 1. The molecule has 0 aliphatic heterocycles. The molecule has 0 saturated heterocycles. The van der Waals surface area contributed by atoms with Crippen LogP contribution >= 0.6 is 0 Å². The van der Waals surface area contributed by atoms with Gasteiger partial charge in [0, 0.05) is 17.1 Å². The van der Waals surface area contributed by atoms with Crippen LogP contribution in [0.15, 0.2) is 78.4 Å². The van der Waals surface area contributed by atoms with E-state index in [2.05, 4.69) is 0 Å². The van der Waals surface area contributed by atoms with Gasteiger partial charge in [0.15, 0.2) is 0 Å². The number of aliphatic hydroxyl groups is 2. The third-order valence-electron chi connectivity index (χ3n) is 5.78. The number of hydrogen-bond donors (Lipinski definition) is 3. The average Bonchev–Trinajstić information content (AvgIpc) is 2.97. The Balaban J connectivity index is 2.02. The van der Waals surface area contributed by atoms with Crippen LogP contribution in [-0.4, -0.2) is 60.8 Å². The fourth-order valence-corrected chi connectivity index (χ4v) is 4.04. The molecule has 0 aliphatic carbocycles. The summed E-state index contributed by atoms with van der Waals surface area (Å²) in [5, 5.41) is 40.4. The van der Waals surface area contributed by atoms with E-state index in [9.17, 15) is 20.1 Å². The maximum absolute atomic E-state index is 11.2. The Labute approximate surface area is 234 Å². The SMILES string of the molecule is CCON(CCO)c1ccc(N(c2ccc(/C=C(\C#N)C(=O)O)cc2)c2ccc(N(CCO)OCC)cc2)cc1. The molecule has 0 fully saturated rings. The van der Waals surface area contributed by atoms with E-state index in [0.29, 0.717) is 31.9 Å². The van der Waals surface area contributed by atoms with E-state index in [1.807, 2.05) is 79.4 Å². The second-order valence-electron chi connectivity index (χ2n) is 8.42. The highest BCUT2D eigenvalue weighted by atomic mass is 16.7. The minimum atomic E-state index is -1.28. The van der Waals surface area contributed by atoms with Crippen molar-refractivity contribution in [3.8, 4) is 6.07 Å². The highest BCUT2D eigenvalue weighted by Crippen LogP contribution is 2.36. The Morgan fingerprint density at radius 1 is 0.750 bits per heavy atom. The zero-order valence-corrected chi connectivity index (χ0v) is 22.6. The van der Waals surface area contributed by atoms with Gasteiger partial charge >= 0.3 is 5.97 Å². The molecule has 0 saturated carbocycles. The molecule has 0 atom stereocenters. The van der Waals surface area contributed by atoms with Crippen LogP contribution < -0.4 is 15.0 Å². The maximum Gasteiger partial charge on any atom is 0.346 e. The van der Waals surface area contributed by atoms with E-state index >= 15 is 0 Å². The van der Waals surface area contributed by atoms with Crippen LogP contribution in [0.1, 0.15) is 19.4 Å². The van der Waals surface area contributed by atoms with Gasteiger partial charge in [0.05, 0.1) is 50.9 Å². The fraction of sp³-hybridized carbons (Fsp3) is 0.267. The molecule has 10 nitrogen and oxygen atoms in total. The third-order valence-corrected chi connectivity index (χ3v) is 5.78. The molecule has 0 unspecified atom stereocenters. The normalized spacial score (nSPS) is 11.1. The lowest BCUT2D eigenvalue weighted by molar-refractivity contribution is -0.132. The molecule has 0 bridgehead atoms. The second-order valence-corrected chi connectivity index (χ2v) is 8.42. The Hall–Kier alpha value is -4.40. The molecule has 3 rings (SSSR count). The number of aliphatic hydroxyl groups excluding tert-OH is 2. The first-order chi connectivity index (χ1) is 19.4. The van der Waals surface area contributed by atoms with Crippen LogP contribution in [0, 0.1) is 11.3 Å². The monoisotopic (exact) mass is 546 g/mol. The van der Waals surface area contributed by atoms with E-state index in [1.165, 1.54) is 6.08 Å². The first kappa shape index (κ1) is 30.1. The minimum Gasteiger partial charge on any atom is -0.477 e. The number of rotatable bonds is 15. The van der Waals surface area contributed by atoms with Crippen LogP contribution in [-0.2, 0) is 14.5 Å². The zero-order valence-electron chi connectivity index (χ0n) is 22.6. The molecular weight excluding hydrogens is 512 g/mol. The minimum absolute atomic E-state index is 0.0501. The molecule has 10 heteroatoms. The predicted octanol–water partition coefficient (Wildman–Crippen LogP) is 4.65. The quantitative estimate of drug-likeness (QED) is 0.141. The summed E-state index contributed by atoms with van der Waals surface area (Å²) < 4.78 is 0.